The van der Waals surface area contributed by atoms with Crippen molar-refractivity contribution in [1.29, 1.82) is 5.26 Å². The van der Waals surface area contributed by atoms with Crippen molar-refractivity contribution in [2.45, 2.75) is 32.2 Å². The van der Waals surface area contributed by atoms with Crippen molar-refractivity contribution in [2.24, 2.45) is 10.9 Å². The van der Waals surface area contributed by atoms with E-state index in [1.165, 1.54) is 7.05 Å². The van der Waals surface area contributed by atoms with Crippen LogP contribution in [0.4, 0.5) is 5.69 Å². The second-order valence-electron chi connectivity index (χ2n) is 11.4. The highest BCUT2D eigenvalue weighted by molar-refractivity contribution is 6.08. The molecule has 1 saturated heterocycles. The van der Waals surface area contributed by atoms with E-state index in [1.54, 1.807) is 26.3 Å². The number of methoxy groups -OCH3 is 1. The van der Waals surface area contributed by atoms with Gasteiger partial charge in [0.15, 0.2) is 0 Å². The Bertz CT molecular complexity index is 1750. The number of hydrogen-bond donors (Lipinski definition) is 3. The predicted molar refractivity (Wildman–Crippen MR) is 177 cm³/mol. The summed E-state index contributed by atoms with van der Waals surface area (Å²) < 4.78 is 5.93. The van der Waals surface area contributed by atoms with Crippen LogP contribution in [0, 0.1) is 24.2 Å². The van der Waals surface area contributed by atoms with Crippen molar-refractivity contribution in [1.82, 2.24) is 25.5 Å². The Hall–Kier alpha value is -5.34. The Labute approximate surface area is 269 Å². The number of ether oxygens (including phenoxy) is 1. The van der Waals surface area contributed by atoms with Crippen molar-refractivity contribution in [3.05, 3.63) is 95.2 Å². The van der Waals surface area contributed by atoms with Crippen LogP contribution >= 0.6 is 0 Å². The first kappa shape index (κ1) is 32.1. The molecule has 1 aliphatic heterocycles. The number of hydrogen-bond acceptors (Lipinski definition) is 9. The quantitative estimate of drug-likeness (QED) is 0.126. The van der Waals surface area contributed by atoms with Crippen LogP contribution in [0.25, 0.3) is 11.1 Å². The first-order chi connectivity index (χ1) is 22.2. The minimum absolute atomic E-state index is 0.00282. The topological polar surface area (TPSA) is 145 Å². The molecule has 1 aromatic carbocycles. The lowest BCUT2D eigenvalue weighted by Crippen LogP contribution is -2.44. The number of likely N-dealkylation sites (N-methyl/N-ethyl adjacent to an activating group) is 1. The number of aryl methyl sites for hydroxylation is 1. The molecular weight excluding hydrogens is 580 g/mol. The van der Waals surface area contributed by atoms with Crippen LogP contribution < -0.4 is 20.7 Å². The van der Waals surface area contributed by atoms with Crippen LogP contribution in [0.2, 0.25) is 0 Å². The summed E-state index contributed by atoms with van der Waals surface area (Å²) in [7, 11) is 4.71. The number of amidine groups is 1. The molecule has 1 aliphatic carbocycles. The van der Waals surface area contributed by atoms with Gasteiger partial charge in [-0.15, -0.1) is 0 Å². The third-order valence-corrected chi connectivity index (χ3v) is 8.14. The van der Waals surface area contributed by atoms with Gasteiger partial charge in [0, 0.05) is 74.7 Å². The van der Waals surface area contributed by atoms with E-state index in [2.05, 4.69) is 49.5 Å². The molecule has 2 aliphatic rings. The van der Waals surface area contributed by atoms with E-state index in [9.17, 15) is 9.59 Å². The Morgan fingerprint density at radius 1 is 1.20 bits per heavy atom. The highest BCUT2D eigenvalue weighted by Crippen LogP contribution is 2.40. The zero-order valence-electron chi connectivity index (χ0n) is 26.6. The fraction of sp³-hybridized carbons (Fsp3) is 0.314. The molecule has 1 saturated carbocycles. The standard InChI is InChI=1S/C35H38N8O3/c1-21-9-13-29(41-30(22(2)34(44)38-4)15-31(37-3)42-35(45)23-10-11-23)33(46-5)32(21)24-12-14-28(39-17-24)25-18-43(19-25)20-27-8-6-7-26(16-36)40-27/h6-9,12-15,17,23,25,41H,2,10-11,18-20H2,1,3-5H3,(H,38,44)(H,37,42,45)/b30-15+. The van der Waals surface area contributed by atoms with Crippen molar-refractivity contribution < 1.29 is 14.3 Å². The molecule has 2 fully saturated rings. The monoisotopic (exact) mass is 618 g/mol. The molecule has 3 N–H and O–H groups in total. The fourth-order valence-corrected chi connectivity index (χ4v) is 5.37. The second kappa shape index (κ2) is 14.2. The van der Waals surface area contributed by atoms with Gasteiger partial charge >= 0.3 is 0 Å². The number of carbonyl (C=O) groups is 2. The van der Waals surface area contributed by atoms with Crippen LogP contribution in [-0.2, 0) is 16.1 Å². The Morgan fingerprint density at radius 3 is 2.61 bits per heavy atom. The number of nitriles is 1. The van der Waals surface area contributed by atoms with Gasteiger partial charge in [-0.1, -0.05) is 24.8 Å². The van der Waals surface area contributed by atoms with Crippen molar-refractivity contribution >= 4 is 23.3 Å². The molecule has 2 aromatic heterocycles. The van der Waals surface area contributed by atoms with Crippen LogP contribution in [0.1, 0.15) is 41.4 Å². The number of rotatable bonds is 11. The van der Waals surface area contributed by atoms with Crippen molar-refractivity contribution in [3.63, 3.8) is 0 Å². The summed E-state index contributed by atoms with van der Waals surface area (Å²) in [5.74, 6) is 0.723. The van der Waals surface area contributed by atoms with Gasteiger partial charge in [0.1, 0.15) is 23.3 Å². The van der Waals surface area contributed by atoms with Gasteiger partial charge in [0.05, 0.1) is 29.8 Å². The van der Waals surface area contributed by atoms with Gasteiger partial charge in [-0.2, -0.15) is 5.26 Å². The smallest absolute Gasteiger partial charge is 0.252 e. The molecule has 0 spiro atoms. The minimum atomic E-state index is -0.379. The van der Waals surface area contributed by atoms with E-state index in [4.69, 9.17) is 15.0 Å². The molecule has 236 valence electrons. The summed E-state index contributed by atoms with van der Waals surface area (Å²) in [6, 6.07) is 15.6. The maximum absolute atomic E-state index is 12.6. The molecule has 2 amide bonds. The fourth-order valence-electron chi connectivity index (χ4n) is 5.37. The Kier molecular flexibility index (Phi) is 9.88. The molecule has 5 rings (SSSR count). The Morgan fingerprint density at radius 2 is 1.98 bits per heavy atom. The third-order valence-electron chi connectivity index (χ3n) is 8.14. The summed E-state index contributed by atoms with van der Waals surface area (Å²) >= 11 is 0. The first-order valence-corrected chi connectivity index (χ1v) is 15.1. The summed E-state index contributed by atoms with van der Waals surface area (Å²) in [6.07, 6.45) is 5.18. The average Bonchev–Trinajstić information content (AvgIpc) is 3.91. The number of amides is 2. The molecule has 11 heteroatoms. The summed E-state index contributed by atoms with van der Waals surface area (Å²) in [4.78, 5) is 40.8. The number of pyridine rings is 2. The molecule has 46 heavy (non-hydrogen) atoms. The number of likely N-dealkylation sites (tertiary alicyclic amines) is 1. The number of anilines is 1. The summed E-state index contributed by atoms with van der Waals surface area (Å²) in [5.41, 5.74) is 6.20. The molecule has 3 heterocycles. The van der Waals surface area contributed by atoms with Crippen molar-refractivity contribution in [3.8, 4) is 22.9 Å². The number of aliphatic imine (C=N–C) groups is 1. The Balaban J connectivity index is 1.35. The number of carbonyl (C=O) groups excluding carboxylic acids is 2. The first-order valence-electron chi connectivity index (χ1n) is 15.1. The zero-order valence-corrected chi connectivity index (χ0v) is 26.6. The lowest BCUT2D eigenvalue weighted by molar-refractivity contribution is -0.120. The molecule has 3 aromatic rings. The molecular formula is C35H38N8O3. The molecule has 0 atom stereocenters. The van der Waals surface area contributed by atoms with Crippen LogP contribution in [0.5, 0.6) is 5.75 Å². The SMILES string of the molecule is C=C(C(=O)NC)/C(=C\C(=NC)NC(=O)C1CC1)Nc1ccc(C)c(-c2ccc(C3CN(Cc4cccc(C#N)n4)C3)nc2)c1OC. The average molecular weight is 619 g/mol. The van der Waals surface area contributed by atoms with E-state index in [1.807, 2.05) is 43.5 Å². The maximum atomic E-state index is 12.6. The minimum Gasteiger partial charge on any atom is -0.494 e. The number of nitrogens with zero attached hydrogens (tertiary/aromatic N) is 5. The van der Waals surface area contributed by atoms with Gasteiger partial charge in [0.25, 0.3) is 5.91 Å². The molecule has 11 nitrogen and oxygen atoms in total. The molecule has 0 unspecified atom stereocenters. The number of nitrogens with one attached hydrogen (secondary N) is 3. The highest BCUT2D eigenvalue weighted by atomic mass is 16.5. The largest absolute Gasteiger partial charge is 0.494 e. The summed E-state index contributed by atoms with van der Waals surface area (Å²) in [6.45, 7) is 8.41. The van der Waals surface area contributed by atoms with Gasteiger partial charge in [-0.3, -0.25) is 24.5 Å². The summed E-state index contributed by atoms with van der Waals surface area (Å²) in [5, 5.41) is 17.9. The lowest BCUT2D eigenvalue weighted by Gasteiger charge is -2.38. The van der Waals surface area contributed by atoms with Gasteiger partial charge < -0.3 is 20.7 Å². The number of benzene rings is 1. The van der Waals surface area contributed by atoms with Crippen LogP contribution in [-0.4, -0.2) is 66.8 Å². The van der Waals surface area contributed by atoms with Gasteiger partial charge in [0.2, 0.25) is 5.91 Å². The second-order valence-corrected chi connectivity index (χ2v) is 11.4. The highest BCUT2D eigenvalue weighted by Gasteiger charge is 2.31. The zero-order chi connectivity index (χ0) is 32.8. The molecule has 0 bridgehead atoms. The molecule has 0 radical (unpaired) electrons. The van der Waals surface area contributed by atoms with E-state index in [-0.39, 0.29) is 23.3 Å². The van der Waals surface area contributed by atoms with E-state index in [0.717, 1.165) is 54.0 Å². The third kappa shape index (κ3) is 7.30. The van der Waals surface area contributed by atoms with Crippen LogP contribution in [0.3, 0.4) is 0 Å². The van der Waals surface area contributed by atoms with E-state index >= 15 is 0 Å². The lowest BCUT2D eigenvalue weighted by atomic mass is 9.93. The van der Waals surface area contributed by atoms with Gasteiger partial charge in [-0.25, -0.2) is 4.98 Å². The maximum Gasteiger partial charge on any atom is 0.252 e. The van der Waals surface area contributed by atoms with Gasteiger partial charge in [-0.05, 0) is 49.6 Å². The normalized spacial score (nSPS) is 15.4. The van der Waals surface area contributed by atoms with Crippen molar-refractivity contribution in [2.75, 3.05) is 39.6 Å². The van der Waals surface area contributed by atoms with E-state index in [0.29, 0.717) is 41.1 Å². The predicted octanol–water partition coefficient (Wildman–Crippen LogP) is 4.08. The van der Waals surface area contributed by atoms with E-state index < -0.39 is 0 Å². The van der Waals surface area contributed by atoms with Crippen LogP contribution in [0.15, 0.2) is 77.6 Å². The number of aromatic nitrogens is 2.